The van der Waals surface area contributed by atoms with E-state index in [0.717, 1.165) is 30.1 Å². The Morgan fingerprint density at radius 2 is 2.00 bits per heavy atom. The average Bonchev–Trinajstić information content (AvgIpc) is 2.75. The van der Waals surface area contributed by atoms with Crippen molar-refractivity contribution < 1.29 is 5.11 Å². The van der Waals surface area contributed by atoms with Gasteiger partial charge >= 0.3 is 0 Å². The first-order chi connectivity index (χ1) is 9.20. The lowest BCUT2D eigenvalue weighted by molar-refractivity contribution is -0.0533. The predicted molar refractivity (Wildman–Crippen MR) is 77.7 cm³/mol. The molecule has 0 aromatic carbocycles. The zero-order valence-corrected chi connectivity index (χ0v) is 12.3. The molecule has 0 amide bonds. The van der Waals surface area contributed by atoms with E-state index in [1.54, 1.807) is 0 Å². The van der Waals surface area contributed by atoms with Gasteiger partial charge in [0.15, 0.2) is 0 Å². The molecule has 0 radical (unpaired) electrons. The molecule has 1 N–H and O–H groups in total. The van der Waals surface area contributed by atoms with Crippen molar-refractivity contribution in [3.8, 4) is 0 Å². The molecule has 106 valence electrons. The van der Waals surface area contributed by atoms with Crippen LogP contribution in [0.15, 0.2) is 11.6 Å². The van der Waals surface area contributed by atoms with Crippen LogP contribution in [-0.4, -0.2) is 11.2 Å². The average molecular weight is 260 g/mol. The number of rotatable bonds is 0. The van der Waals surface area contributed by atoms with Crippen molar-refractivity contribution in [2.45, 2.75) is 70.8 Å². The summed E-state index contributed by atoms with van der Waals surface area (Å²) in [6.07, 6.45) is 14.6. The summed E-state index contributed by atoms with van der Waals surface area (Å²) in [4.78, 5) is 0. The molecule has 6 atom stereocenters. The number of hydrogen-bond acceptors (Lipinski definition) is 1. The van der Waals surface area contributed by atoms with Gasteiger partial charge < -0.3 is 5.11 Å². The Balaban J connectivity index is 1.63. The Kier molecular flexibility index (Phi) is 2.85. The topological polar surface area (TPSA) is 20.2 Å². The van der Waals surface area contributed by atoms with Crippen LogP contribution in [0, 0.1) is 29.1 Å². The van der Waals surface area contributed by atoms with Crippen molar-refractivity contribution in [1.29, 1.82) is 0 Å². The summed E-state index contributed by atoms with van der Waals surface area (Å²) in [5.41, 5.74) is 2.08. The minimum Gasteiger partial charge on any atom is -0.393 e. The Labute approximate surface area is 117 Å². The van der Waals surface area contributed by atoms with Gasteiger partial charge in [-0.2, -0.15) is 0 Å². The number of hydrogen-bond donors (Lipinski definition) is 1. The summed E-state index contributed by atoms with van der Waals surface area (Å²) in [7, 11) is 0. The molecule has 3 fully saturated rings. The maximum absolute atomic E-state index is 10.4. The van der Waals surface area contributed by atoms with Gasteiger partial charge in [-0.1, -0.05) is 18.6 Å². The van der Waals surface area contributed by atoms with Gasteiger partial charge in [0.1, 0.15) is 0 Å². The van der Waals surface area contributed by atoms with Crippen molar-refractivity contribution >= 4 is 0 Å². The van der Waals surface area contributed by atoms with Crippen LogP contribution in [0.4, 0.5) is 0 Å². The molecule has 0 aromatic heterocycles. The molecule has 0 unspecified atom stereocenters. The lowest BCUT2D eigenvalue weighted by Crippen LogP contribution is -2.47. The standard InChI is InChI=1S/C18H28O/c1-18-11-10-14-13-5-3-2-4-12(13)6-7-15(14)16(18)8-9-17(18)19/h4,13-17,19H,2-3,5-11H2,1H3/t13-,14+,15+,16-,17-,18-/m0/s1. The summed E-state index contributed by atoms with van der Waals surface area (Å²) >= 11 is 0. The van der Waals surface area contributed by atoms with Gasteiger partial charge in [-0.15, -0.1) is 0 Å². The van der Waals surface area contributed by atoms with Crippen molar-refractivity contribution in [2.75, 3.05) is 0 Å². The fourth-order valence-electron chi connectivity index (χ4n) is 6.28. The summed E-state index contributed by atoms with van der Waals surface area (Å²) in [6.45, 7) is 2.39. The second-order valence-corrected chi connectivity index (χ2v) is 7.93. The van der Waals surface area contributed by atoms with Crippen LogP contribution in [0.5, 0.6) is 0 Å². The highest BCUT2D eigenvalue weighted by atomic mass is 16.3. The normalized spacial score (nSPS) is 52.9. The molecule has 3 saturated carbocycles. The highest BCUT2D eigenvalue weighted by molar-refractivity contribution is 5.18. The quantitative estimate of drug-likeness (QED) is 0.643. The summed E-state index contributed by atoms with van der Waals surface area (Å²) in [6, 6.07) is 0. The molecule has 19 heavy (non-hydrogen) atoms. The highest BCUT2D eigenvalue weighted by Gasteiger charge is 2.55. The predicted octanol–water partition coefficient (Wildman–Crippen LogP) is 4.31. The molecule has 0 aliphatic heterocycles. The van der Waals surface area contributed by atoms with Crippen LogP contribution in [0.25, 0.3) is 0 Å². The van der Waals surface area contributed by atoms with Gasteiger partial charge in [-0.05, 0) is 86.9 Å². The molecule has 0 spiro atoms. The number of aliphatic hydroxyl groups excluding tert-OH is 1. The van der Waals surface area contributed by atoms with E-state index in [4.69, 9.17) is 0 Å². The zero-order valence-electron chi connectivity index (χ0n) is 12.3. The highest BCUT2D eigenvalue weighted by Crippen LogP contribution is 2.61. The first kappa shape index (κ1) is 12.4. The van der Waals surface area contributed by atoms with E-state index in [-0.39, 0.29) is 11.5 Å². The van der Waals surface area contributed by atoms with Gasteiger partial charge in [-0.3, -0.25) is 0 Å². The van der Waals surface area contributed by atoms with Gasteiger partial charge in [0.05, 0.1) is 6.10 Å². The molecule has 0 aromatic rings. The first-order valence-corrected chi connectivity index (χ1v) is 8.57. The lowest BCUT2D eigenvalue weighted by Gasteiger charge is -2.53. The van der Waals surface area contributed by atoms with Crippen molar-refractivity contribution in [3.05, 3.63) is 11.6 Å². The maximum atomic E-state index is 10.4. The summed E-state index contributed by atoms with van der Waals surface area (Å²) in [5.74, 6) is 3.64. The largest absolute Gasteiger partial charge is 0.393 e. The number of allylic oxidation sites excluding steroid dienone is 2. The molecule has 0 heterocycles. The third-order valence-corrected chi connectivity index (χ3v) is 7.33. The molecule has 4 aliphatic carbocycles. The van der Waals surface area contributed by atoms with Gasteiger partial charge in [0.2, 0.25) is 0 Å². The van der Waals surface area contributed by atoms with Gasteiger partial charge in [0.25, 0.3) is 0 Å². The van der Waals surface area contributed by atoms with E-state index in [0.29, 0.717) is 0 Å². The monoisotopic (exact) mass is 260 g/mol. The fourth-order valence-corrected chi connectivity index (χ4v) is 6.28. The zero-order chi connectivity index (χ0) is 13.0. The summed E-state index contributed by atoms with van der Waals surface area (Å²) < 4.78 is 0. The molecule has 1 nitrogen and oxygen atoms in total. The summed E-state index contributed by atoms with van der Waals surface area (Å²) in [5, 5.41) is 10.4. The SMILES string of the molecule is C[C@]12CC[C@H]3[C@@H](CCC4=CCCC[C@@H]43)[C@@H]1CC[C@@H]2O. The Hall–Kier alpha value is -0.300. The molecule has 0 saturated heterocycles. The van der Waals surface area contributed by atoms with Crippen LogP contribution in [0.2, 0.25) is 0 Å². The second-order valence-electron chi connectivity index (χ2n) is 7.93. The van der Waals surface area contributed by atoms with E-state index < -0.39 is 0 Å². The number of aliphatic hydroxyl groups is 1. The third-order valence-electron chi connectivity index (χ3n) is 7.33. The molecule has 4 aliphatic rings. The second kappa shape index (κ2) is 4.35. The van der Waals surface area contributed by atoms with E-state index in [9.17, 15) is 5.11 Å². The van der Waals surface area contributed by atoms with Crippen LogP contribution in [0.3, 0.4) is 0 Å². The molecule has 1 heteroatoms. The van der Waals surface area contributed by atoms with Crippen LogP contribution in [0.1, 0.15) is 64.7 Å². The Bertz CT molecular complexity index is 398. The molecular formula is C18H28O. The number of fused-ring (bicyclic) bond motifs is 5. The van der Waals surface area contributed by atoms with Crippen molar-refractivity contribution in [2.24, 2.45) is 29.1 Å². The third kappa shape index (κ3) is 1.70. The van der Waals surface area contributed by atoms with E-state index in [1.165, 1.54) is 51.4 Å². The Morgan fingerprint density at radius 3 is 2.89 bits per heavy atom. The van der Waals surface area contributed by atoms with Crippen LogP contribution in [-0.2, 0) is 0 Å². The lowest BCUT2D eigenvalue weighted by atomic mass is 9.52. The van der Waals surface area contributed by atoms with Gasteiger partial charge in [0, 0.05) is 0 Å². The smallest absolute Gasteiger partial charge is 0.0596 e. The van der Waals surface area contributed by atoms with Crippen molar-refractivity contribution in [1.82, 2.24) is 0 Å². The van der Waals surface area contributed by atoms with Gasteiger partial charge in [-0.25, -0.2) is 0 Å². The van der Waals surface area contributed by atoms with E-state index in [1.807, 2.05) is 5.57 Å². The van der Waals surface area contributed by atoms with E-state index in [2.05, 4.69) is 13.0 Å². The molecule has 0 bridgehead atoms. The minimum atomic E-state index is -0.0123. The minimum absolute atomic E-state index is 0.0123. The van der Waals surface area contributed by atoms with Crippen LogP contribution < -0.4 is 0 Å². The molecule has 4 rings (SSSR count). The van der Waals surface area contributed by atoms with Crippen LogP contribution >= 0.6 is 0 Å². The first-order valence-electron chi connectivity index (χ1n) is 8.57. The van der Waals surface area contributed by atoms with Crippen molar-refractivity contribution in [3.63, 3.8) is 0 Å². The fraction of sp³-hybridized carbons (Fsp3) is 0.889. The van der Waals surface area contributed by atoms with E-state index >= 15 is 0 Å². The Morgan fingerprint density at radius 1 is 1.11 bits per heavy atom. The molecular weight excluding hydrogens is 232 g/mol. The maximum Gasteiger partial charge on any atom is 0.0596 e.